The van der Waals surface area contributed by atoms with Gasteiger partial charge in [0.05, 0.1) is 6.61 Å². The minimum Gasteiger partial charge on any atom is -0.459 e. The molecule has 0 aliphatic carbocycles. The zero-order valence-corrected chi connectivity index (χ0v) is 14.1. The molecule has 22 heavy (non-hydrogen) atoms. The van der Waals surface area contributed by atoms with Crippen LogP contribution in [0.25, 0.3) is 0 Å². The number of hydroxylamine groups is 1. The zero-order valence-electron chi connectivity index (χ0n) is 14.1. The van der Waals surface area contributed by atoms with Crippen LogP contribution >= 0.6 is 0 Å². The Kier molecular flexibility index (Phi) is 9.86. The molecule has 0 bridgehead atoms. The van der Waals surface area contributed by atoms with Crippen molar-refractivity contribution in [3.05, 3.63) is 0 Å². The number of rotatable bonds is 9. The Morgan fingerprint density at radius 1 is 1.18 bits per heavy atom. The van der Waals surface area contributed by atoms with E-state index in [0.717, 1.165) is 10.3 Å². The molecule has 0 heterocycles. The van der Waals surface area contributed by atoms with Crippen molar-refractivity contribution >= 4 is 11.9 Å². The van der Waals surface area contributed by atoms with Crippen molar-refractivity contribution in [2.24, 2.45) is 17.7 Å². The molecule has 0 atom stereocenters. The fraction of sp³-hybridized carbons (Fsp3) is 0.846. The fourth-order valence-electron chi connectivity index (χ4n) is 1.67. The van der Waals surface area contributed by atoms with Gasteiger partial charge in [0, 0.05) is 13.1 Å². The van der Waals surface area contributed by atoms with Crippen LogP contribution in [0.2, 0.25) is 0 Å². The van der Waals surface area contributed by atoms with Crippen LogP contribution in [0, 0.1) is 11.8 Å². The molecule has 0 aromatic heterocycles. The van der Waals surface area contributed by atoms with Crippen LogP contribution in [-0.2, 0) is 14.3 Å². The third-order valence-electron chi connectivity index (χ3n) is 2.42. The molecule has 1 amide bonds. The molecule has 0 rings (SSSR count). The molecule has 130 valence electrons. The average molecular weight is 319 g/mol. The van der Waals surface area contributed by atoms with Crippen LogP contribution < -0.4 is 11.3 Å². The maximum Gasteiger partial charge on any atom is 0.398 e. The van der Waals surface area contributed by atoms with Crippen molar-refractivity contribution in [3.8, 4) is 0 Å². The van der Waals surface area contributed by atoms with E-state index in [4.69, 9.17) is 5.84 Å². The first-order valence-corrected chi connectivity index (χ1v) is 7.38. The standard InChI is InChI=1S/C13H29N5O4/c1-6-22-13(20)12(19)15-17(8-11(4)5)18(21)9-16(14)7-10(2)3/h10-11,21H,6-9,14H2,1-5H3,(H,15,19). The summed E-state index contributed by atoms with van der Waals surface area (Å²) in [5.41, 5.74) is 2.30. The molecule has 0 radical (unpaired) electrons. The van der Waals surface area contributed by atoms with Crippen molar-refractivity contribution in [3.63, 3.8) is 0 Å². The second kappa shape index (κ2) is 10.5. The molecule has 0 aromatic rings. The Hall–Kier alpha value is -1.26. The maximum atomic E-state index is 11.7. The predicted octanol–water partition coefficient (Wildman–Crippen LogP) is -0.0659. The van der Waals surface area contributed by atoms with Gasteiger partial charge in [-0.25, -0.2) is 9.80 Å². The van der Waals surface area contributed by atoms with E-state index in [0.29, 0.717) is 19.0 Å². The first-order chi connectivity index (χ1) is 10.2. The lowest BCUT2D eigenvalue weighted by molar-refractivity contribution is -0.286. The van der Waals surface area contributed by atoms with E-state index in [-0.39, 0.29) is 19.2 Å². The van der Waals surface area contributed by atoms with Crippen LogP contribution in [0.1, 0.15) is 34.6 Å². The van der Waals surface area contributed by atoms with Crippen LogP contribution in [0.3, 0.4) is 0 Å². The third kappa shape index (κ3) is 8.90. The largest absolute Gasteiger partial charge is 0.459 e. The number of carbonyl (C=O) groups excluding carboxylic acids is 2. The van der Waals surface area contributed by atoms with E-state index in [1.807, 2.05) is 27.7 Å². The molecule has 0 unspecified atom stereocenters. The van der Waals surface area contributed by atoms with Crippen LogP contribution in [0.5, 0.6) is 0 Å². The summed E-state index contributed by atoms with van der Waals surface area (Å²) in [4.78, 5) is 23.0. The normalized spacial score (nSPS) is 11.8. The SMILES string of the molecule is CCOC(=O)C(=O)NN(CC(C)C)N(O)CN(N)CC(C)C. The van der Waals surface area contributed by atoms with Gasteiger partial charge in [0.25, 0.3) is 0 Å². The summed E-state index contributed by atoms with van der Waals surface area (Å²) < 4.78 is 4.61. The number of hydrazine groups is 3. The van der Waals surface area contributed by atoms with Gasteiger partial charge in [-0.2, -0.15) is 0 Å². The lowest BCUT2D eigenvalue weighted by atomic mass is 10.2. The lowest BCUT2D eigenvalue weighted by Gasteiger charge is -2.33. The second-order valence-electron chi connectivity index (χ2n) is 5.82. The fourth-order valence-corrected chi connectivity index (χ4v) is 1.67. The molecule has 0 fully saturated rings. The van der Waals surface area contributed by atoms with E-state index in [2.05, 4.69) is 10.2 Å². The van der Waals surface area contributed by atoms with Crippen LogP contribution in [-0.4, -0.2) is 58.7 Å². The van der Waals surface area contributed by atoms with Gasteiger partial charge in [-0.3, -0.25) is 21.3 Å². The molecule has 9 nitrogen and oxygen atoms in total. The number of nitrogens with two attached hydrogens (primary N) is 1. The van der Waals surface area contributed by atoms with E-state index >= 15 is 0 Å². The highest BCUT2D eigenvalue weighted by Gasteiger charge is 2.23. The number of amides is 1. The van der Waals surface area contributed by atoms with Gasteiger partial charge in [-0.05, 0) is 18.8 Å². The summed E-state index contributed by atoms with van der Waals surface area (Å²) in [7, 11) is 0. The number of carbonyl (C=O) groups is 2. The maximum absolute atomic E-state index is 11.7. The Morgan fingerprint density at radius 2 is 1.73 bits per heavy atom. The molecule has 0 saturated carbocycles. The van der Waals surface area contributed by atoms with Crippen LogP contribution in [0.4, 0.5) is 0 Å². The van der Waals surface area contributed by atoms with E-state index in [1.54, 1.807) is 6.92 Å². The quantitative estimate of drug-likeness (QED) is 0.178. The van der Waals surface area contributed by atoms with Crippen molar-refractivity contribution in [2.75, 3.05) is 26.4 Å². The third-order valence-corrected chi connectivity index (χ3v) is 2.42. The van der Waals surface area contributed by atoms with Gasteiger partial charge < -0.3 is 4.74 Å². The summed E-state index contributed by atoms with van der Waals surface area (Å²) in [6.07, 6.45) is 0. The van der Waals surface area contributed by atoms with Crippen molar-refractivity contribution in [1.29, 1.82) is 0 Å². The molecule has 0 aliphatic rings. The first-order valence-electron chi connectivity index (χ1n) is 7.38. The van der Waals surface area contributed by atoms with Gasteiger partial charge in [-0.15, -0.1) is 5.12 Å². The zero-order chi connectivity index (χ0) is 17.3. The molecule has 0 aromatic carbocycles. The molecule has 9 heteroatoms. The highest BCUT2D eigenvalue weighted by Crippen LogP contribution is 2.01. The molecule has 0 saturated heterocycles. The smallest absolute Gasteiger partial charge is 0.398 e. The number of nitrogens with one attached hydrogen (secondary N) is 1. The van der Waals surface area contributed by atoms with Gasteiger partial charge in [0.2, 0.25) is 0 Å². The van der Waals surface area contributed by atoms with Gasteiger partial charge in [0.15, 0.2) is 0 Å². The second-order valence-corrected chi connectivity index (χ2v) is 5.82. The van der Waals surface area contributed by atoms with Crippen molar-refractivity contribution < 1.29 is 19.5 Å². The lowest BCUT2D eigenvalue weighted by Crippen LogP contribution is -2.58. The van der Waals surface area contributed by atoms with Gasteiger partial charge >= 0.3 is 11.9 Å². The Balaban J connectivity index is 4.67. The topological polar surface area (TPSA) is 111 Å². The Morgan fingerprint density at radius 3 is 2.18 bits per heavy atom. The monoisotopic (exact) mass is 319 g/mol. The molecule has 4 N–H and O–H groups in total. The number of ether oxygens (including phenoxy) is 1. The van der Waals surface area contributed by atoms with Crippen molar-refractivity contribution in [2.45, 2.75) is 34.6 Å². The van der Waals surface area contributed by atoms with E-state index in [9.17, 15) is 14.8 Å². The summed E-state index contributed by atoms with van der Waals surface area (Å²) in [5, 5.41) is 13.4. The summed E-state index contributed by atoms with van der Waals surface area (Å²) in [6, 6.07) is 0. The average Bonchev–Trinajstić information content (AvgIpc) is 2.36. The van der Waals surface area contributed by atoms with Gasteiger partial charge in [-0.1, -0.05) is 32.9 Å². The first kappa shape index (κ1) is 20.7. The summed E-state index contributed by atoms with van der Waals surface area (Å²) >= 11 is 0. The molecular weight excluding hydrogens is 290 g/mol. The van der Waals surface area contributed by atoms with Crippen LogP contribution in [0.15, 0.2) is 0 Å². The number of nitrogens with zero attached hydrogens (tertiary/aromatic N) is 3. The molecule has 0 spiro atoms. The highest BCUT2D eigenvalue weighted by molar-refractivity contribution is 6.32. The number of hydrogen-bond acceptors (Lipinski definition) is 8. The number of esters is 1. The molecular formula is C13H29N5O4. The van der Waals surface area contributed by atoms with Crippen molar-refractivity contribution in [1.82, 2.24) is 20.7 Å². The molecule has 0 aliphatic heterocycles. The van der Waals surface area contributed by atoms with E-state index in [1.165, 1.54) is 5.01 Å². The highest BCUT2D eigenvalue weighted by atomic mass is 16.6. The predicted molar refractivity (Wildman–Crippen MR) is 80.5 cm³/mol. The van der Waals surface area contributed by atoms with Gasteiger partial charge in [0.1, 0.15) is 6.67 Å². The Bertz CT molecular complexity index is 351. The minimum absolute atomic E-state index is 0.0198. The van der Waals surface area contributed by atoms with E-state index < -0.39 is 11.9 Å². The summed E-state index contributed by atoms with van der Waals surface area (Å²) in [5.74, 6) is 4.29. The number of hydrogen-bond donors (Lipinski definition) is 3. The minimum atomic E-state index is -1.00. The Labute approximate surface area is 131 Å². The summed E-state index contributed by atoms with van der Waals surface area (Å²) in [6.45, 7) is 10.4.